The van der Waals surface area contributed by atoms with Gasteiger partial charge in [-0.05, 0) is 55.4 Å². The average molecular weight is 417 g/mol. The van der Waals surface area contributed by atoms with E-state index >= 15 is 0 Å². The number of alkyl halides is 2. The summed E-state index contributed by atoms with van der Waals surface area (Å²) in [7, 11) is 1.58. The van der Waals surface area contributed by atoms with Gasteiger partial charge in [0.1, 0.15) is 6.73 Å². The zero-order valence-electron chi connectivity index (χ0n) is 16.4. The highest BCUT2D eigenvalue weighted by molar-refractivity contribution is 5.92. The second-order valence-corrected chi connectivity index (χ2v) is 7.70. The molecule has 3 aromatic rings. The average Bonchev–Trinajstić information content (AvgIpc) is 3.63. The number of hydrogen-bond donors (Lipinski definition) is 1. The van der Waals surface area contributed by atoms with Crippen LogP contribution in [-0.4, -0.2) is 34.6 Å². The highest BCUT2D eigenvalue weighted by Gasteiger charge is 2.34. The quantitative estimate of drug-likeness (QED) is 0.599. The van der Waals surface area contributed by atoms with Gasteiger partial charge in [-0.3, -0.25) is 4.79 Å². The van der Waals surface area contributed by atoms with Crippen LogP contribution in [0.15, 0.2) is 29.2 Å². The van der Waals surface area contributed by atoms with Gasteiger partial charge in [0.25, 0.3) is 5.56 Å². The van der Waals surface area contributed by atoms with Crippen molar-refractivity contribution >= 4 is 10.9 Å². The lowest BCUT2D eigenvalue weighted by Crippen LogP contribution is -2.09. The molecule has 0 bridgehead atoms. The Kier molecular flexibility index (Phi) is 4.69. The maximum atomic E-state index is 12.9. The molecule has 0 aliphatic heterocycles. The summed E-state index contributed by atoms with van der Waals surface area (Å²) in [6.07, 6.45) is 5.37. The number of ether oxygens (including phenoxy) is 3. The third kappa shape index (κ3) is 3.43. The number of aromatic amines is 1. The molecule has 0 spiro atoms. The number of fused-ring (bicyclic) bond motifs is 1. The fraction of sp³-hybridized carbons (Fsp3) is 0.429. The zero-order valence-corrected chi connectivity index (χ0v) is 16.4. The smallest absolute Gasteiger partial charge is 0.387 e. The monoisotopic (exact) mass is 417 g/mol. The van der Waals surface area contributed by atoms with E-state index in [1.165, 1.54) is 6.07 Å². The van der Waals surface area contributed by atoms with Crippen molar-refractivity contribution in [2.45, 2.75) is 51.0 Å². The van der Waals surface area contributed by atoms with E-state index in [2.05, 4.69) is 14.9 Å². The molecule has 0 radical (unpaired) electrons. The minimum atomic E-state index is -2.94. The fourth-order valence-corrected chi connectivity index (χ4v) is 3.89. The molecule has 7 nitrogen and oxygen atoms in total. The number of nitrogens with zero attached hydrogens (tertiary/aromatic N) is 2. The van der Waals surface area contributed by atoms with Crippen LogP contribution in [0, 0.1) is 0 Å². The Morgan fingerprint density at radius 1 is 1.23 bits per heavy atom. The molecule has 2 fully saturated rings. The summed E-state index contributed by atoms with van der Waals surface area (Å²) in [6, 6.07) is 4.92. The summed E-state index contributed by atoms with van der Waals surface area (Å²) >= 11 is 0. The number of aromatic nitrogens is 3. The van der Waals surface area contributed by atoms with E-state index in [1.807, 2.05) is 4.57 Å². The maximum Gasteiger partial charge on any atom is 0.387 e. The summed E-state index contributed by atoms with van der Waals surface area (Å²) in [6.45, 7) is -2.72. The first-order chi connectivity index (χ1) is 14.6. The molecule has 30 heavy (non-hydrogen) atoms. The van der Waals surface area contributed by atoms with Crippen molar-refractivity contribution < 1.29 is 23.0 Å². The molecule has 2 aromatic heterocycles. The Hall–Kier alpha value is -2.94. The van der Waals surface area contributed by atoms with Gasteiger partial charge >= 0.3 is 6.61 Å². The molecule has 1 N–H and O–H groups in total. The van der Waals surface area contributed by atoms with Crippen molar-refractivity contribution in [2.24, 2.45) is 0 Å². The van der Waals surface area contributed by atoms with Gasteiger partial charge in [0, 0.05) is 12.7 Å². The van der Waals surface area contributed by atoms with E-state index in [-0.39, 0.29) is 35.8 Å². The highest BCUT2D eigenvalue weighted by Crippen LogP contribution is 2.49. The fourth-order valence-electron chi connectivity index (χ4n) is 3.89. The highest BCUT2D eigenvalue weighted by atomic mass is 19.3. The number of halogens is 2. The van der Waals surface area contributed by atoms with Crippen LogP contribution in [0.5, 0.6) is 11.5 Å². The van der Waals surface area contributed by atoms with Gasteiger partial charge < -0.3 is 18.8 Å². The molecule has 5 rings (SSSR count). The normalized spacial score (nSPS) is 16.4. The van der Waals surface area contributed by atoms with Gasteiger partial charge in [0.2, 0.25) is 0 Å². The number of methoxy groups -OCH3 is 1. The first-order valence-electron chi connectivity index (χ1n) is 9.91. The number of benzene rings is 1. The van der Waals surface area contributed by atoms with E-state index in [0.717, 1.165) is 42.5 Å². The van der Waals surface area contributed by atoms with Gasteiger partial charge in [-0.2, -0.15) is 13.9 Å². The van der Waals surface area contributed by atoms with E-state index in [4.69, 9.17) is 9.47 Å². The number of nitrogens with one attached hydrogen (secondary N) is 1. The summed E-state index contributed by atoms with van der Waals surface area (Å²) in [4.78, 5) is 12.6. The molecule has 2 aliphatic rings. The van der Waals surface area contributed by atoms with Crippen molar-refractivity contribution in [1.29, 1.82) is 0 Å². The molecule has 9 heteroatoms. The van der Waals surface area contributed by atoms with Gasteiger partial charge in [-0.25, -0.2) is 5.10 Å². The number of H-pyrrole nitrogens is 1. The molecule has 1 aromatic carbocycles. The predicted octanol–water partition coefficient (Wildman–Crippen LogP) is 4.02. The van der Waals surface area contributed by atoms with Crippen molar-refractivity contribution in [3.05, 3.63) is 40.3 Å². The van der Waals surface area contributed by atoms with Crippen LogP contribution >= 0.6 is 0 Å². The second kappa shape index (κ2) is 7.39. The van der Waals surface area contributed by atoms with Crippen LogP contribution in [0.2, 0.25) is 0 Å². The minimum absolute atomic E-state index is 0.00235. The van der Waals surface area contributed by atoms with Gasteiger partial charge in [-0.1, -0.05) is 0 Å². The Labute approximate surface area is 170 Å². The summed E-state index contributed by atoms with van der Waals surface area (Å²) in [5, 5.41) is 7.07. The standard InChI is InChI=1S/C21H21F2N3O4/c1-28-10-26-14-9-24-25-20(27)18(14)17(11-2-3-11)19(26)12-4-7-15(30-21(22)23)16(8-12)29-13-5-6-13/h4,7-9,11,13,21H,2-3,5-6,10H2,1H3,(H,25,27). The second-order valence-electron chi connectivity index (χ2n) is 7.70. The van der Waals surface area contributed by atoms with Crippen molar-refractivity contribution in [3.63, 3.8) is 0 Å². The van der Waals surface area contributed by atoms with Crippen LogP contribution in [0.25, 0.3) is 22.2 Å². The Balaban J connectivity index is 1.72. The van der Waals surface area contributed by atoms with Crippen molar-refractivity contribution in [3.8, 4) is 22.8 Å². The molecule has 0 amide bonds. The van der Waals surface area contributed by atoms with E-state index in [1.54, 1.807) is 25.4 Å². The first-order valence-corrected chi connectivity index (χ1v) is 9.91. The Bertz CT molecular complexity index is 1150. The molecule has 0 unspecified atom stereocenters. The minimum Gasteiger partial charge on any atom is -0.487 e. The van der Waals surface area contributed by atoms with Crippen LogP contribution < -0.4 is 15.0 Å². The molecule has 0 saturated heterocycles. The van der Waals surface area contributed by atoms with Gasteiger partial charge in [-0.15, -0.1) is 0 Å². The lowest BCUT2D eigenvalue weighted by molar-refractivity contribution is -0.0516. The van der Waals surface area contributed by atoms with Crippen molar-refractivity contribution in [1.82, 2.24) is 14.8 Å². The van der Waals surface area contributed by atoms with Crippen LogP contribution in [0.1, 0.15) is 37.2 Å². The Morgan fingerprint density at radius 3 is 2.70 bits per heavy atom. The molecule has 2 heterocycles. The first kappa shape index (κ1) is 19.0. The van der Waals surface area contributed by atoms with E-state index in [0.29, 0.717) is 10.9 Å². The largest absolute Gasteiger partial charge is 0.487 e. The predicted molar refractivity (Wildman–Crippen MR) is 105 cm³/mol. The third-order valence-electron chi connectivity index (χ3n) is 5.42. The maximum absolute atomic E-state index is 12.9. The zero-order chi connectivity index (χ0) is 20.8. The summed E-state index contributed by atoms with van der Waals surface area (Å²) in [5.41, 5.74) is 2.93. The van der Waals surface area contributed by atoms with Crippen LogP contribution in [0.3, 0.4) is 0 Å². The summed E-state index contributed by atoms with van der Waals surface area (Å²) in [5.74, 6) is 0.537. The van der Waals surface area contributed by atoms with E-state index < -0.39 is 6.61 Å². The lowest BCUT2D eigenvalue weighted by Gasteiger charge is -2.16. The Morgan fingerprint density at radius 2 is 2.03 bits per heavy atom. The summed E-state index contributed by atoms with van der Waals surface area (Å²) < 4.78 is 43.5. The SMILES string of the molecule is COCn1c(-c2ccc(OC(F)F)c(OC3CC3)c2)c(C2CC2)c2c(=O)[nH]ncc21. The molecular formula is C21H21F2N3O4. The van der Waals surface area contributed by atoms with Crippen LogP contribution in [-0.2, 0) is 11.5 Å². The molecule has 2 saturated carbocycles. The topological polar surface area (TPSA) is 78.4 Å². The van der Waals surface area contributed by atoms with Gasteiger partial charge in [0.15, 0.2) is 11.5 Å². The van der Waals surface area contributed by atoms with Crippen molar-refractivity contribution in [2.75, 3.05) is 7.11 Å². The third-order valence-corrected chi connectivity index (χ3v) is 5.42. The van der Waals surface area contributed by atoms with Crippen LogP contribution in [0.4, 0.5) is 8.78 Å². The number of rotatable bonds is 8. The lowest BCUT2D eigenvalue weighted by atomic mass is 10.0. The number of hydrogen-bond acceptors (Lipinski definition) is 5. The molecule has 0 atom stereocenters. The molecule has 2 aliphatic carbocycles. The molecule has 158 valence electrons. The van der Waals surface area contributed by atoms with Gasteiger partial charge in [0.05, 0.1) is 28.9 Å². The van der Waals surface area contributed by atoms with E-state index in [9.17, 15) is 13.6 Å². The molecular weight excluding hydrogens is 396 g/mol.